The predicted octanol–water partition coefficient (Wildman–Crippen LogP) is 2.51. The van der Waals surface area contributed by atoms with Crippen molar-refractivity contribution in [3.63, 3.8) is 0 Å². The van der Waals surface area contributed by atoms with Crippen LogP contribution in [-0.4, -0.2) is 32.8 Å². The van der Waals surface area contributed by atoms with Gasteiger partial charge in [0.05, 0.1) is 23.2 Å². The number of nitrogen functional groups attached to an aromatic ring is 1. The Morgan fingerprint density at radius 3 is 2.22 bits per heavy atom. The van der Waals surface area contributed by atoms with Crippen molar-refractivity contribution in [3.8, 4) is 0 Å². The number of nitrogens with two attached hydrogens (primary N) is 1. The number of aromatic nitrogens is 3. The van der Waals surface area contributed by atoms with Crippen LogP contribution in [0.25, 0.3) is 0 Å². The van der Waals surface area contributed by atoms with Crippen LogP contribution in [0.4, 0.5) is 5.95 Å². The molecule has 2 N–H and O–H groups in total. The second kappa shape index (κ2) is 6.62. The summed E-state index contributed by atoms with van der Waals surface area (Å²) in [5.41, 5.74) is 8.95. The van der Waals surface area contributed by atoms with E-state index in [-0.39, 0.29) is 24.3 Å². The van der Waals surface area contributed by atoms with Crippen molar-refractivity contribution >= 4 is 23.2 Å². The van der Waals surface area contributed by atoms with Crippen molar-refractivity contribution in [1.29, 1.82) is 0 Å². The predicted molar refractivity (Wildman–Crippen MR) is 92.4 cm³/mol. The number of likely N-dealkylation sites (N-methyl/N-ethyl adjacent to an activating group) is 1. The van der Waals surface area contributed by atoms with Crippen LogP contribution in [0.15, 0.2) is 0 Å². The van der Waals surface area contributed by atoms with Crippen molar-refractivity contribution in [2.24, 2.45) is 0 Å². The maximum absolute atomic E-state index is 12.6. The van der Waals surface area contributed by atoms with Crippen molar-refractivity contribution in [2.45, 2.75) is 47.1 Å². The third-order valence-corrected chi connectivity index (χ3v) is 4.98. The molecule has 0 aliphatic carbocycles. The second-order valence-electron chi connectivity index (χ2n) is 5.76. The fraction of sp³-hybridized carbons (Fsp3) is 0.500. The van der Waals surface area contributed by atoms with Gasteiger partial charge in [0.15, 0.2) is 0 Å². The van der Waals surface area contributed by atoms with Gasteiger partial charge in [0.25, 0.3) is 0 Å². The fourth-order valence-corrected chi connectivity index (χ4v) is 3.54. The van der Waals surface area contributed by atoms with Crippen LogP contribution < -0.4 is 5.73 Å². The summed E-state index contributed by atoms with van der Waals surface area (Å²) in [6.07, 6.45) is 0.265. The van der Waals surface area contributed by atoms with Gasteiger partial charge in [-0.3, -0.25) is 4.79 Å². The molecule has 0 aliphatic rings. The Bertz CT molecular complexity index is 717. The first kappa shape index (κ1) is 17.3. The Balaban J connectivity index is 2.19. The quantitative estimate of drug-likeness (QED) is 0.929. The maximum Gasteiger partial charge on any atom is 0.227 e. The molecule has 2 aromatic rings. The van der Waals surface area contributed by atoms with E-state index in [1.807, 2.05) is 41.7 Å². The highest BCUT2D eigenvalue weighted by atomic mass is 32.1. The van der Waals surface area contributed by atoms with Gasteiger partial charge in [-0.25, -0.2) is 15.0 Å². The van der Waals surface area contributed by atoms with Gasteiger partial charge in [-0.1, -0.05) is 0 Å². The summed E-state index contributed by atoms with van der Waals surface area (Å²) >= 11 is 1.65. The van der Waals surface area contributed by atoms with Gasteiger partial charge in [-0.05, 0) is 34.6 Å². The first-order valence-corrected chi connectivity index (χ1v) is 8.31. The van der Waals surface area contributed by atoms with Crippen LogP contribution in [0, 0.1) is 27.7 Å². The summed E-state index contributed by atoms with van der Waals surface area (Å²) in [7, 11) is 1.81. The van der Waals surface area contributed by atoms with Crippen molar-refractivity contribution in [1.82, 2.24) is 19.9 Å². The van der Waals surface area contributed by atoms with Crippen LogP contribution in [0.1, 0.15) is 45.5 Å². The van der Waals surface area contributed by atoms with E-state index in [9.17, 15) is 4.79 Å². The summed E-state index contributed by atoms with van der Waals surface area (Å²) < 4.78 is 0. The Morgan fingerprint density at radius 2 is 1.74 bits per heavy atom. The Morgan fingerprint density at radius 1 is 1.17 bits per heavy atom. The normalized spacial score (nSPS) is 12.3. The number of thiazole rings is 1. The lowest BCUT2D eigenvalue weighted by molar-refractivity contribution is -0.131. The van der Waals surface area contributed by atoms with Crippen LogP contribution >= 0.6 is 11.3 Å². The Hall–Kier alpha value is -2.02. The first-order valence-electron chi connectivity index (χ1n) is 7.49. The zero-order chi connectivity index (χ0) is 17.3. The zero-order valence-electron chi connectivity index (χ0n) is 14.5. The third kappa shape index (κ3) is 3.67. The molecule has 1 atom stereocenters. The molecule has 0 unspecified atom stereocenters. The fourth-order valence-electron chi connectivity index (χ4n) is 2.63. The minimum absolute atomic E-state index is 0.0159. The molecule has 0 saturated heterocycles. The molecule has 0 spiro atoms. The topological polar surface area (TPSA) is 85.0 Å². The first-order chi connectivity index (χ1) is 10.7. The van der Waals surface area contributed by atoms with E-state index >= 15 is 0 Å². The van der Waals surface area contributed by atoms with E-state index in [1.54, 1.807) is 16.2 Å². The molecule has 1 amide bonds. The largest absolute Gasteiger partial charge is 0.368 e. The molecule has 0 bridgehead atoms. The minimum atomic E-state index is -0.0669. The SMILES string of the molecule is Cc1nc([C@@H](C)N(C)C(=O)Cc2c(C)nc(N)nc2C)c(C)s1. The van der Waals surface area contributed by atoms with E-state index in [1.165, 1.54) is 0 Å². The number of carbonyl (C=O) groups is 1. The van der Waals surface area contributed by atoms with Crippen LogP contribution in [0.2, 0.25) is 0 Å². The number of anilines is 1. The van der Waals surface area contributed by atoms with Crippen molar-refractivity contribution in [2.75, 3.05) is 12.8 Å². The number of amides is 1. The molecule has 124 valence electrons. The minimum Gasteiger partial charge on any atom is -0.368 e. The smallest absolute Gasteiger partial charge is 0.227 e. The molecule has 0 radical (unpaired) electrons. The molecule has 23 heavy (non-hydrogen) atoms. The van der Waals surface area contributed by atoms with Crippen LogP contribution in [-0.2, 0) is 11.2 Å². The van der Waals surface area contributed by atoms with E-state index in [0.717, 1.165) is 32.5 Å². The van der Waals surface area contributed by atoms with Crippen LogP contribution in [0.3, 0.4) is 0 Å². The van der Waals surface area contributed by atoms with Gasteiger partial charge in [-0.15, -0.1) is 11.3 Å². The monoisotopic (exact) mass is 333 g/mol. The number of aryl methyl sites for hydroxylation is 4. The highest BCUT2D eigenvalue weighted by molar-refractivity contribution is 7.11. The molecule has 7 heteroatoms. The number of hydrogen-bond acceptors (Lipinski definition) is 6. The van der Waals surface area contributed by atoms with E-state index in [0.29, 0.717) is 0 Å². The van der Waals surface area contributed by atoms with Crippen molar-refractivity contribution < 1.29 is 4.79 Å². The van der Waals surface area contributed by atoms with E-state index in [4.69, 9.17) is 5.73 Å². The molecular weight excluding hydrogens is 310 g/mol. The van der Waals surface area contributed by atoms with Gasteiger partial charge >= 0.3 is 0 Å². The van der Waals surface area contributed by atoms with Gasteiger partial charge in [-0.2, -0.15) is 0 Å². The Kier molecular flexibility index (Phi) is 4.99. The molecule has 0 fully saturated rings. The van der Waals surface area contributed by atoms with Crippen molar-refractivity contribution in [3.05, 3.63) is 32.5 Å². The van der Waals surface area contributed by atoms with Gasteiger partial charge in [0.2, 0.25) is 11.9 Å². The molecule has 2 aromatic heterocycles. The summed E-state index contributed by atoms with van der Waals surface area (Å²) in [5.74, 6) is 0.258. The number of carbonyl (C=O) groups excluding carboxylic acids is 1. The van der Waals surface area contributed by atoms with Crippen LogP contribution in [0.5, 0.6) is 0 Å². The average molecular weight is 333 g/mol. The number of rotatable bonds is 4. The molecule has 2 rings (SSSR count). The standard InChI is InChI=1S/C16H23N5OS/c1-8-13(9(2)19-16(17)18-8)7-14(22)21(6)10(3)15-11(4)23-12(5)20-15/h10H,7H2,1-6H3,(H2,17,18,19)/t10-/m1/s1. The zero-order valence-corrected chi connectivity index (χ0v) is 15.3. The van der Waals surface area contributed by atoms with E-state index in [2.05, 4.69) is 15.0 Å². The third-order valence-electron chi connectivity index (χ3n) is 4.08. The summed E-state index contributed by atoms with van der Waals surface area (Å²) in [6, 6.07) is -0.0669. The molecule has 0 saturated carbocycles. The number of nitrogens with zero attached hydrogens (tertiary/aromatic N) is 4. The lowest BCUT2D eigenvalue weighted by Gasteiger charge is -2.25. The molecule has 0 aliphatic heterocycles. The second-order valence-corrected chi connectivity index (χ2v) is 7.17. The summed E-state index contributed by atoms with van der Waals surface area (Å²) in [4.78, 5) is 28.4. The molecule has 0 aromatic carbocycles. The lowest BCUT2D eigenvalue weighted by Crippen LogP contribution is -2.32. The average Bonchev–Trinajstić information content (AvgIpc) is 2.79. The van der Waals surface area contributed by atoms with E-state index < -0.39 is 0 Å². The number of hydrogen-bond donors (Lipinski definition) is 1. The van der Waals surface area contributed by atoms with Gasteiger partial charge in [0.1, 0.15) is 0 Å². The lowest BCUT2D eigenvalue weighted by atomic mass is 10.1. The maximum atomic E-state index is 12.6. The summed E-state index contributed by atoms with van der Waals surface area (Å²) in [6.45, 7) is 9.72. The highest BCUT2D eigenvalue weighted by Crippen LogP contribution is 2.26. The summed E-state index contributed by atoms with van der Waals surface area (Å²) in [5, 5.41) is 1.02. The van der Waals surface area contributed by atoms with Gasteiger partial charge in [0, 0.05) is 28.9 Å². The Labute approximate surface area is 140 Å². The molecular formula is C16H23N5OS. The highest BCUT2D eigenvalue weighted by Gasteiger charge is 2.23. The van der Waals surface area contributed by atoms with Gasteiger partial charge < -0.3 is 10.6 Å². The molecule has 6 nitrogen and oxygen atoms in total. The molecule has 2 heterocycles.